The minimum Gasteiger partial charge on any atom is -0.330 e. The van der Waals surface area contributed by atoms with Crippen molar-refractivity contribution in [1.29, 1.82) is 0 Å². The molecular formula is C30H34N2O2S. The Bertz CT molecular complexity index is 1160. The van der Waals surface area contributed by atoms with Crippen LogP contribution in [-0.4, -0.2) is 41.2 Å². The molecule has 1 unspecified atom stereocenters. The molecule has 182 valence electrons. The molecule has 0 bridgehead atoms. The first-order valence-corrected chi connectivity index (χ1v) is 13.3. The number of carbonyl (C=O) groups is 2. The summed E-state index contributed by atoms with van der Waals surface area (Å²) in [5.41, 5.74) is 5.33. The minimum absolute atomic E-state index is 0.0320. The number of hydrogen-bond donors (Lipinski definition) is 0. The number of hydrogen-bond acceptors (Lipinski definition) is 3. The molecule has 2 amide bonds. The van der Waals surface area contributed by atoms with Crippen LogP contribution in [0.2, 0.25) is 0 Å². The average molecular weight is 487 g/mol. The Morgan fingerprint density at radius 2 is 1.86 bits per heavy atom. The highest BCUT2D eigenvalue weighted by molar-refractivity contribution is 7.10. The van der Waals surface area contributed by atoms with Gasteiger partial charge in [-0.25, -0.2) is 0 Å². The Balaban J connectivity index is 1.55. The SMILES string of the molecule is C=CCN(CC(=O)N1CCc2sccc2C1c1ccc(C)cc1)C(=O)c1ccc(CCCC)cc1. The normalized spacial score (nSPS) is 14.9. The van der Waals surface area contributed by atoms with E-state index in [0.717, 1.165) is 31.2 Å². The Hall–Kier alpha value is -3.18. The van der Waals surface area contributed by atoms with Crippen LogP contribution in [0.3, 0.4) is 0 Å². The molecule has 2 heterocycles. The molecule has 0 spiro atoms. The highest BCUT2D eigenvalue weighted by atomic mass is 32.1. The summed E-state index contributed by atoms with van der Waals surface area (Å²) in [4.78, 5) is 31.9. The lowest BCUT2D eigenvalue weighted by Crippen LogP contribution is -2.46. The van der Waals surface area contributed by atoms with E-state index in [1.54, 1.807) is 22.3 Å². The second kappa shape index (κ2) is 11.5. The van der Waals surface area contributed by atoms with Gasteiger partial charge in [-0.2, -0.15) is 0 Å². The second-order valence-corrected chi connectivity index (χ2v) is 10.2. The Labute approximate surface area is 212 Å². The summed E-state index contributed by atoms with van der Waals surface area (Å²) in [7, 11) is 0. The number of unbranched alkanes of at least 4 members (excludes halogenated alkanes) is 1. The maximum absolute atomic E-state index is 13.7. The molecule has 0 N–H and O–H groups in total. The summed E-state index contributed by atoms with van der Waals surface area (Å²) in [6.45, 7) is 9.07. The Morgan fingerprint density at radius 1 is 1.11 bits per heavy atom. The van der Waals surface area contributed by atoms with Gasteiger partial charge in [0.25, 0.3) is 5.91 Å². The third-order valence-corrected chi connectivity index (χ3v) is 7.66. The van der Waals surface area contributed by atoms with Crippen molar-refractivity contribution in [3.63, 3.8) is 0 Å². The number of thiophene rings is 1. The van der Waals surface area contributed by atoms with Gasteiger partial charge in [0, 0.05) is 23.5 Å². The lowest BCUT2D eigenvalue weighted by atomic mass is 9.92. The largest absolute Gasteiger partial charge is 0.330 e. The Morgan fingerprint density at radius 3 is 2.54 bits per heavy atom. The van der Waals surface area contributed by atoms with E-state index in [-0.39, 0.29) is 24.4 Å². The van der Waals surface area contributed by atoms with Gasteiger partial charge in [0.15, 0.2) is 0 Å². The standard InChI is InChI=1S/C30H34N2O2S/c1-4-6-7-23-10-14-25(15-11-23)30(34)31(18-5-2)21-28(33)32-19-16-27-26(17-20-35-27)29(32)24-12-8-22(3)9-13-24/h5,8-15,17,20,29H,2,4,6-7,16,18-19,21H2,1,3H3. The molecule has 0 saturated carbocycles. The molecule has 1 atom stereocenters. The molecule has 2 aromatic carbocycles. The molecule has 0 aliphatic carbocycles. The van der Waals surface area contributed by atoms with Gasteiger partial charge >= 0.3 is 0 Å². The van der Waals surface area contributed by atoms with Crippen LogP contribution in [0.25, 0.3) is 0 Å². The average Bonchev–Trinajstić information content (AvgIpc) is 3.36. The third kappa shape index (κ3) is 5.73. The third-order valence-electron chi connectivity index (χ3n) is 6.66. The first kappa shape index (κ1) is 24.9. The van der Waals surface area contributed by atoms with Gasteiger partial charge in [-0.1, -0.05) is 61.4 Å². The summed E-state index contributed by atoms with van der Waals surface area (Å²) < 4.78 is 0. The van der Waals surface area contributed by atoms with Gasteiger partial charge in [0.1, 0.15) is 6.54 Å². The molecule has 1 aromatic heterocycles. The maximum Gasteiger partial charge on any atom is 0.254 e. The number of benzene rings is 2. The van der Waals surface area contributed by atoms with E-state index in [4.69, 9.17) is 0 Å². The van der Waals surface area contributed by atoms with Crippen molar-refractivity contribution < 1.29 is 9.59 Å². The zero-order chi connectivity index (χ0) is 24.8. The van der Waals surface area contributed by atoms with Crippen molar-refractivity contribution >= 4 is 23.2 Å². The minimum atomic E-state index is -0.139. The summed E-state index contributed by atoms with van der Waals surface area (Å²) in [6, 6.07) is 18.2. The summed E-state index contributed by atoms with van der Waals surface area (Å²) in [5, 5.41) is 2.11. The van der Waals surface area contributed by atoms with Crippen molar-refractivity contribution in [3.05, 3.63) is 105 Å². The number of rotatable bonds is 9. The van der Waals surface area contributed by atoms with Crippen LogP contribution in [-0.2, 0) is 17.6 Å². The van der Waals surface area contributed by atoms with Crippen LogP contribution in [0.5, 0.6) is 0 Å². The van der Waals surface area contributed by atoms with Gasteiger partial charge in [-0.3, -0.25) is 9.59 Å². The summed E-state index contributed by atoms with van der Waals surface area (Å²) in [5.74, 6) is -0.178. The first-order valence-electron chi connectivity index (χ1n) is 12.4. The smallest absolute Gasteiger partial charge is 0.254 e. The van der Waals surface area contributed by atoms with Gasteiger partial charge in [0.05, 0.1) is 6.04 Å². The van der Waals surface area contributed by atoms with E-state index < -0.39 is 0 Å². The van der Waals surface area contributed by atoms with Gasteiger partial charge in [-0.05, 0) is 66.5 Å². The second-order valence-electron chi connectivity index (χ2n) is 9.22. The molecule has 4 nitrogen and oxygen atoms in total. The fraction of sp³-hybridized carbons (Fsp3) is 0.333. The lowest BCUT2D eigenvalue weighted by molar-refractivity contribution is -0.133. The number of aryl methyl sites for hydroxylation is 2. The van der Waals surface area contributed by atoms with E-state index in [2.05, 4.69) is 56.1 Å². The molecule has 0 fully saturated rings. The van der Waals surface area contributed by atoms with E-state index in [9.17, 15) is 9.59 Å². The lowest BCUT2D eigenvalue weighted by Gasteiger charge is -2.37. The monoisotopic (exact) mass is 486 g/mol. The molecule has 0 saturated heterocycles. The predicted molar refractivity (Wildman–Crippen MR) is 144 cm³/mol. The summed E-state index contributed by atoms with van der Waals surface area (Å²) in [6.07, 6.45) is 5.82. The number of nitrogens with zero attached hydrogens (tertiary/aromatic N) is 2. The van der Waals surface area contributed by atoms with Crippen LogP contribution in [0, 0.1) is 6.92 Å². The number of amides is 2. The summed E-state index contributed by atoms with van der Waals surface area (Å²) >= 11 is 1.76. The highest BCUT2D eigenvalue weighted by Gasteiger charge is 2.34. The van der Waals surface area contributed by atoms with Crippen molar-refractivity contribution in [1.82, 2.24) is 9.80 Å². The maximum atomic E-state index is 13.7. The topological polar surface area (TPSA) is 40.6 Å². The molecule has 35 heavy (non-hydrogen) atoms. The number of carbonyl (C=O) groups excluding carboxylic acids is 2. The molecule has 5 heteroatoms. The Kier molecular flexibility index (Phi) is 8.19. The predicted octanol–water partition coefficient (Wildman–Crippen LogP) is 6.20. The molecular weight excluding hydrogens is 452 g/mol. The van der Waals surface area contributed by atoms with Crippen molar-refractivity contribution in [3.8, 4) is 0 Å². The molecule has 4 rings (SSSR count). The van der Waals surface area contributed by atoms with Gasteiger partial charge in [0.2, 0.25) is 5.91 Å². The van der Waals surface area contributed by atoms with Gasteiger partial charge < -0.3 is 9.80 Å². The first-order chi connectivity index (χ1) is 17.0. The van der Waals surface area contributed by atoms with Crippen LogP contribution >= 0.6 is 11.3 Å². The van der Waals surface area contributed by atoms with E-state index in [1.165, 1.54) is 21.6 Å². The van der Waals surface area contributed by atoms with E-state index in [0.29, 0.717) is 18.7 Å². The van der Waals surface area contributed by atoms with Crippen LogP contribution in [0.1, 0.15) is 63.3 Å². The van der Waals surface area contributed by atoms with Crippen molar-refractivity contribution in [2.75, 3.05) is 19.6 Å². The molecule has 1 aliphatic heterocycles. The van der Waals surface area contributed by atoms with Crippen molar-refractivity contribution in [2.24, 2.45) is 0 Å². The fourth-order valence-corrected chi connectivity index (χ4v) is 5.60. The van der Waals surface area contributed by atoms with Crippen LogP contribution in [0.4, 0.5) is 0 Å². The number of fused-ring (bicyclic) bond motifs is 1. The van der Waals surface area contributed by atoms with Crippen LogP contribution < -0.4 is 0 Å². The quantitative estimate of drug-likeness (QED) is 0.338. The van der Waals surface area contributed by atoms with Gasteiger partial charge in [-0.15, -0.1) is 17.9 Å². The molecule has 1 aliphatic rings. The molecule has 0 radical (unpaired) electrons. The molecule has 3 aromatic rings. The van der Waals surface area contributed by atoms with E-state index in [1.807, 2.05) is 29.2 Å². The highest BCUT2D eigenvalue weighted by Crippen LogP contribution is 2.38. The van der Waals surface area contributed by atoms with Crippen molar-refractivity contribution in [2.45, 2.75) is 45.6 Å². The van der Waals surface area contributed by atoms with E-state index >= 15 is 0 Å². The zero-order valence-electron chi connectivity index (χ0n) is 20.7. The van der Waals surface area contributed by atoms with Crippen LogP contribution in [0.15, 0.2) is 72.6 Å². The fourth-order valence-electron chi connectivity index (χ4n) is 4.70. The zero-order valence-corrected chi connectivity index (χ0v) is 21.5.